The molecule has 1 amide bonds. The SMILES string of the molecule is CC(=O)C(C)(C)NC(=O)C(C)(C)C. The van der Waals surface area contributed by atoms with Gasteiger partial charge in [0, 0.05) is 5.41 Å². The van der Waals surface area contributed by atoms with Gasteiger partial charge in [-0.3, -0.25) is 9.59 Å². The Kier molecular flexibility index (Phi) is 3.25. The molecular formula is C10H19NO2. The molecule has 0 atom stereocenters. The van der Waals surface area contributed by atoms with Crippen molar-refractivity contribution in [1.82, 2.24) is 5.32 Å². The molecule has 0 saturated heterocycles. The molecule has 0 aliphatic carbocycles. The molecule has 1 N–H and O–H groups in total. The third-order valence-corrected chi connectivity index (χ3v) is 1.99. The number of Topliss-reactive ketones (excluding diaryl/α,β-unsaturated/α-hetero) is 1. The van der Waals surface area contributed by atoms with Crippen LogP contribution in [0.1, 0.15) is 41.5 Å². The molecular weight excluding hydrogens is 166 g/mol. The highest BCUT2D eigenvalue weighted by Crippen LogP contribution is 2.15. The summed E-state index contributed by atoms with van der Waals surface area (Å²) in [5.41, 5.74) is -1.21. The average Bonchev–Trinajstić information content (AvgIpc) is 1.83. The number of hydrogen-bond acceptors (Lipinski definition) is 2. The van der Waals surface area contributed by atoms with Gasteiger partial charge >= 0.3 is 0 Å². The molecule has 0 rings (SSSR count). The highest BCUT2D eigenvalue weighted by molar-refractivity contribution is 5.92. The van der Waals surface area contributed by atoms with Crippen LogP contribution in [-0.2, 0) is 9.59 Å². The normalized spacial score (nSPS) is 12.5. The van der Waals surface area contributed by atoms with Crippen molar-refractivity contribution in [3.05, 3.63) is 0 Å². The third-order valence-electron chi connectivity index (χ3n) is 1.99. The van der Waals surface area contributed by atoms with Crippen molar-refractivity contribution in [3.8, 4) is 0 Å². The summed E-state index contributed by atoms with van der Waals surface area (Å²) >= 11 is 0. The van der Waals surface area contributed by atoms with Gasteiger partial charge in [-0.1, -0.05) is 20.8 Å². The lowest BCUT2D eigenvalue weighted by Gasteiger charge is -2.27. The first-order chi connectivity index (χ1) is 5.57. The van der Waals surface area contributed by atoms with Gasteiger partial charge in [-0.2, -0.15) is 0 Å². The van der Waals surface area contributed by atoms with E-state index >= 15 is 0 Å². The van der Waals surface area contributed by atoms with Crippen molar-refractivity contribution in [2.75, 3.05) is 0 Å². The summed E-state index contributed by atoms with van der Waals surface area (Å²) in [6.45, 7) is 10.3. The maximum absolute atomic E-state index is 11.5. The minimum Gasteiger partial charge on any atom is -0.344 e. The highest BCUT2D eigenvalue weighted by Gasteiger charge is 2.30. The molecule has 0 fully saturated rings. The van der Waals surface area contributed by atoms with E-state index < -0.39 is 11.0 Å². The first kappa shape index (κ1) is 12.1. The zero-order valence-electron chi connectivity index (χ0n) is 9.32. The van der Waals surface area contributed by atoms with Crippen molar-refractivity contribution < 1.29 is 9.59 Å². The van der Waals surface area contributed by atoms with Gasteiger partial charge in [0.1, 0.15) is 0 Å². The molecule has 0 aromatic carbocycles. The van der Waals surface area contributed by atoms with Gasteiger partial charge in [-0.15, -0.1) is 0 Å². The number of carbonyl (C=O) groups excluding carboxylic acids is 2. The Morgan fingerprint density at radius 1 is 1.00 bits per heavy atom. The van der Waals surface area contributed by atoms with Crippen molar-refractivity contribution in [2.45, 2.75) is 47.1 Å². The van der Waals surface area contributed by atoms with Gasteiger partial charge in [0.15, 0.2) is 5.78 Å². The molecule has 3 nitrogen and oxygen atoms in total. The summed E-state index contributed by atoms with van der Waals surface area (Å²) < 4.78 is 0. The Morgan fingerprint density at radius 3 is 1.62 bits per heavy atom. The minimum atomic E-state index is -0.760. The van der Waals surface area contributed by atoms with Crippen molar-refractivity contribution in [3.63, 3.8) is 0 Å². The Bertz CT molecular complexity index is 224. The molecule has 76 valence electrons. The largest absolute Gasteiger partial charge is 0.344 e. The Labute approximate surface area is 79.9 Å². The fourth-order valence-electron chi connectivity index (χ4n) is 0.559. The quantitative estimate of drug-likeness (QED) is 0.709. The van der Waals surface area contributed by atoms with E-state index in [1.54, 1.807) is 13.8 Å². The average molecular weight is 185 g/mol. The Balaban J connectivity index is 4.47. The topological polar surface area (TPSA) is 46.2 Å². The number of hydrogen-bond donors (Lipinski definition) is 1. The van der Waals surface area contributed by atoms with Crippen LogP contribution in [0.3, 0.4) is 0 Å². The van der Waals surface area contributed by atoms with Crippen LogP contribution in [-0.4, -0.2) is 17.2 Å². The van der Waals surface area contributed by atoms with Crippen LogP contribution in [0.25, 0.3) is 0 Å². The second kappa shape index (κ2) is 3.48. The molecule has 0 bridgehead atoms. The van der Waals surface area contributed by atoms with Crippen LogP contribution in [0.15, 0.2) is 0 Å². The van der Waals surface area contributed by atoms with E-state index in [1.165, 1.54) is 6.92 Å². The Morgan fingerprint density at radius 2 is 1.38 bits per heavy atom. The number of amides is 1. The lowest BCUT2D eigenvalue weighted by atomic mass is 9.92. The van der Waals surface area contributed by atoms with Gasteiger partial charge < -0.3 is 5.32 Å². The van der Waals surface area contributed by atoms with E-state index in [-0.39, 0.29) is 11.7 Å². The molecule has 0 aliphatic rings. The molecule has 0 aromatic rings. The predicted octanol–water partition coefficient (Wildman–Crippen LogP) is 1.52. The van der Waals surface area contributed by atoms with E-state index in [1.807, 2.05) is 20.8 Å². The first-order valence-corrected chi connectivity index (χ1v) is 4.41. The lowest BCUT2D eigenvalue weighted by molar-refractivity contribution is -0.134. The second-order valence-electron chi connectivity index (χ2n) is 4.89. The molecule has 13 heavy (non-hydrogen) atoms. The number of ketones is 1. The maximum Gasteiger partial charge on any atom is 0.226 e. The summed E-state index contributed by atoms with van der Waals surface area (Å²) in [6, 6.07) is 0. The summed E-state index contributed by atoms with van der Waals surface area (Å²) in [5, 5.41) is 2.71. The molecule has 0 unspecified atom stereocenters. The van der Waals surface area contributed by atoms with Crippen LogP contribution < -0.4 is 5.32 Å². The van der Waals surface area contributed by atoms with Gasteiger partial charge in [0.2, 0.25) is 5.91 Å². The van der Waals surface area contributed by atoms with Crippen LogP contribution in [0.2, 0.25) is 0 Å². The number of nitrogens with one attached hydrogen (secondary N) is 1. The van der Waals surface area contributed by atoms with E-state index in [4.69, 9.17) is 0 Å². The van der Waals surface area contributed by atoms with Crippen LogP contribution >= 0.6 is 0 Å². The maximum atomic E-state index is 11.5. The summed E-state index contributed by atoms with van der Waals surface area (Å²) in [5.74, 6) is -0.141. The monoisotopic (exact) mass is 185 g/mol. The zero-order valence-corrected chi connectivity index (χ0v) is 9.32. The van der Waals surface area contributed by atoms with Crippen LogP contribution in [0.5, 0.6) is 0 Å². The summed E-state index contributed by atoms with van der Waals surface area (Å²) in [6.07, 6.45) is 0. The van der Waals surface area contributed by atoms with Gasteiger partial charge in [0.25, 0.3) is 0 Å². The summed E-state index contributed by atoms with van der Waals surface area (Å²) in [4.78, 5) is 22.6. The van der Waals surface area contributed by atoms with Crippen molar-refractivity contribution >= 4 is 11.7 Å². The van der Waals surface area contributed by atoms with Gasteiger partial charge in [-0.05, 0) is 20.8 Å². The fraction of sp³-hybridized carbons (Fsp3) is 0.800. The zero-order chi connectivity index (χ0) is 10.9. The van der Waals surface area contributed by atoms with Gasteiger partial charge in [-0.25, -0.2) is 0 Å². The number of carbonyl (C=O) groups is 2. The molecule has 0 heterocycles. The van der Waals surface area contributed by atoms with E-state index in [2.05, 4.69) is 5.32 Å². The standard InChI is InChI=1S/C10H19NO2/c1-7(12)10(5,6)11-8(13)9(2,3)4/h1-6H3,(H,11,13). The molecule has 0 aromatic heterocycles. The molecule has 0 radical (unpaired) electrons. The van der Waals surface area contributed by atoms with E-state index in [0.717, 1.165) is 0 Å². The Hall–Kier alpha value is -0.860. The van der Waals surface area contributed by atoms with Crippen LogP contribution in [0.4, 0.5) is 0 Å². The minimum absolute atomic E-state index is 0.0369. The third kappa shape index (κ3) is 3.57. The molecule has 0 spiro atoms. The molecule has 3 heteroatoms. The second-order valence-corrected chi connectivity index (χ2v) is 4.89. The van der Waals surface area contributed by atoms with Gasteiger partial charge in [0.05, 0.1) is 5.54 Å². The molecule has 0 aliphatic heterocycles. The van der Waals surface area contributed by atoms with E-state index in [0.29, 0.717) is 0 Å². The van der Waals surface area contributed by atoms with E-state index in [9.17, 15) is 9.59 Å². The highest BCUT2D eigenvalue weighted by atomic mass is 16.2. The predicted molar refractivity (Wildman–Crippen MR) is 52.4 cm³/mol. The van der Waals surface area contributed by atoms with Crippen LogP contribution in [0, 0.1) is 5.41 Å². The molecule has 0 saturated carbocycles. The smallest absolute Gasteiger partial charge is 0.226 e. The summed E-state index contributed by atoms with van der Waals surface area (Å²) in [7, 11) is 0. The first-order valence-electron chi connectivity index (χ1n) is 4.41. The lowest BCUT2D eigenvalue weighted by Crippen LogP contribution is -2.52. The fourth-order valence-corrected chi connectivity index (χ4v) is 0.559. The number of rotatable bonds is 2. The van der Waals surface area contributed by atoms with Crippen molar-refractivity contribution in [2.24, 2.45) is 5.41 Å². The van der Waals surface area contributed by atoms with Crippen molar-refractivity contribution in [1.29, 1.82) is 0 Å².